The van der Waals surface area contributed by atoms with Crippen molar-refractivity contribution in [3.05, 3.63) is 10.1 Å². The molecule has 0 aromatic heterocycles. The lowest BCUT2D eigenvalue weighted by molar-refractivity contribution is -0.593. The second kappa shape index (κ2) is 4.01. The van der Waals surface area contributed by atoms with E-state index in [1.807, 2.05) is 0 Å². The molecule has 6 nitrogen and oxygen atoms in total. The summed E-state index contributed by atoms with van der Waals surface area (Å²) in [6, 6.07) is 0. The maximum atomic E-state index is 11.5. The lowest BCUT2D eigenvalue weighted by Crippen LogP contribution is -2.56. The molecule has 92 valence electrons. The molecule has 1 rings (SSSR count). The van der Waals surface area contributed by atoms with Crippen LogP contribution in [0.4, 0.5) is 0 Å². The summed E-state index contributed by atoms with van der Waals surface area (Å²) in [5.41, 5.74) is -1.91. The number of carbonyl (C=O) groups excluding carboxylic acids is 1. The minimum Gasteiger partial charge on any atom is -0.460 e. The molecule has 0 heterocycles. The number of aliphatic hydroxyl groups is 1. The van der Waals surface area contributed by atoms with Gasteiger partial charge in [-0.3, -0.25) is 14.9 Å². The van der Waals surface area contributed by atoms with Crippen LogP contribution in [-0.4, -0.2) is 33.7 Å². The molecule has 0 aliphatic heterocycles. The van der Waals surface area contributed by atoms with Crippen molar-refractivity contribution < 1.29 is 19.6 Å². The van der Waals surface area contributed by atoms with E-state index in [1.54, 1.807) is 20.8 Å². The summed E-state index contributed by atoms with van der Waals surface area (Å²) < 4.78 is 5.12. The van der Waals surface area contributed by atoms with Gasteiger partial charge in [0.2, 0.25) is 5.54 Å². The fourth-order valence-electron chi connectivity index (χ4n) is 1.75. The molecule has 0 unspecified atom stereocenters. The summed E-state index contributed by atoms with van der Waals surface area (Å²) in [6.45, 7) is 4.71. The second-order valence-electron chi connectivity index (χ2n) is 5.28. The fourth-order valence-corrected chi connectivity index (χ4v) is 1.75. The first-order valence-corrected chi connectivity index (χ1v) is 5.18. The van der Waals surface area contributed by atoms with Gasteiger partial charge < -0.3 is 9.84 Å². The summed E-state index contributed by atoms with van der Waals surface area (Å²) in [7, 11) is 0. The number of esters is 1. The Labute approximate surface area is 93.7 Å². The summed E-state index contributed by atoms with van der Waals surface area (Å²) >= 11 is 0. The Morgan fingerprint density at radius 1 is 1.56 bits per heavy atom. The quantitative estimate of drug-likeness (QED) is 0.439. The van der Waals surface area contributed by atoms with E-state index in [4.69, 9.17) is 9.84 Å². The van der Waals surface area contributed by atoms with E-state index < -0.39 is 34.6 Å². The van der Waals surface area contributed by atoms with Gasteiger partial charge in [0.05, 0.1) is 5.92 Å². The molecule has 0 atom stereocenters. The Hall–Kier alpha value is -1.17. The van der Waals surface area contributed by atoms with Gasteiger partial charge in [-0.25, -0.2) is 0 Å². The Balaban J connectivity index is 2.52. The van der Waals surface area contributed by atoms with Crippen LogP contribution >= 0.6 is 0 Å². The van der Waals surface area contributed by atoms with Crippen molar-refractivity contribution >= 4 is 5.97 Å². The van der Waals surface area contributed by atoms with Gasteiger partial charge in [-0.05, 0) is 20.8 Å². The van der Waals surface area contributed by atoms with E-state index in [0.717, 1.165) is 0 Å². The normalized spacial score (nSPS) is 29.4. The zero-order chi connectivity index (χ0) is 12.6. The number of hydrogen-bond acceptors (Lipinski definition) is 5. The molecule has 1 N–H and O–H groups in total. The van der Waals surface area contributed by atoms with Crippen LogP contribution in [0, 0.1) is 16.0 Å². The summed E-state index contributed by atoms with van der Waals surface area (Å²) in [5, 5.41) is 19.6. The number of carbonyl (C=O) groups is 1. The van der Waals surface area contributed by atoms with Gasteiger partial charge in [0.1, 0.15) is 12.2 Å². The number of rotatable bonds is 3. The van der Waals surface area contributed by atoms with E-state index in [-0.39, 0.29) is 12.8 Å². The molecule has 16 heavy (non-hydrogen) atoms. The average Bonchev–Trinajstić information content (AvgIpc) is 1.98. The molecule has 1 fully saturated rings. The minimum absolute atomic E-state index is 0.0609. The average molecular weight is 231 g/mol. The molecule has 0 aromatic rings. The third-order valence-corrected chi connectivity index (χ3v) is 2.67. The zero-order valence-corrected chi connectivity index (χ0v) is 9.73. The summed E-state index contributed by atoms with van der Waals surface area (Å²) in [4.78, 5) is 21.7. The largest absolute Gasteiger partial charge is 0.460 e. The first kappa shape index (κ1) is 12.9. The minimum atomic E-state index is -1.33. The fraction of sp³-hybridized carbons (Fsp3) is 0.900. The van der Waals surface area contributed by atoms with Crippen LogP contribution in [0.5, 0.6) is 0 Å². The molecule has 0 bridgehead atoms. The monoisotopic (exact) mass is 231 g/mol. The lowest BCUT2D eigenvalue weighted by atomic mass is 9.69. The Morgan fingerprint density at radius 3 is 2.38 bits per heavy atom. The summed E-state index contributed by atoms with van der Waals surface area (Å²) in [5.74, 6) is -0.879. The maximum Gasteiger partial charge on any atom is 0.310 e. The predicted octanol–water partition coefficient (Wildman–Crippen LogP) is 0.746. The van der Waals surface area contributed by atoms with Gasteiger partial charge in [-0.15, -0.1) is 0 Å². The van der Waals surface area contributed by atoms with Crippen molar-refractivity contribution in [1.82, 2.24) is 0 Å². The van der Waals surface area contributed by atoms with E-state index in [2.05, 4.69) is 0 Å². The Bertz CT molecular complexity index is 301. The molecule has 0 saturated heterocycles. The molecule has 0 aromatic carbocycles. The summed E-state index contributed by atoms with van der Waals surface area (Å²) in [6.07, 6.45) is 0.122. The van der Waals surface area contributed by atoms with Crippen molar-refractivity contribution in [2.24, 2.45) is 5.92 Å². The smallest absolute Gasteiger partial charge is 0.310 e. The van der Waals surface area contributed by atoms with Crippen LogP contribution in [-0.2, 0) is 9.53 Å². The molecular formula is C10H17NO5. The van der Waals surface area contributed by atoms with Gasteiger partial charge in [-0.2, -0.15) is 0 Å². The number of nitrogens with zero attached hydrogens (tertiary/aromatic N) is 1. The van der Waals surface area contributed by atoms with Crippen LogP contribution in [0.2, 0.25) is 0 Å². The molecule has 6 heteroatoms. The highest BCUT2D eigenvalue weighted by Crippen LogP contribution is 2.41. The van der Waals surface area contributed by atoms with Crippen molar-refractivity contribution in [2.45, 2.75) is 44.8 Å². The van der Waals surface area contributed by atoms with E-state index >= 15 is 0 Å². The molecule has 1 aliphatic rings. The third-order valence-electron chi connectivity index (χ3n) is 2.67. The van der Waals surface area contributed by atoms with Gasteiger partial charge >= 0.3 is 5.97 Å². The van der Waals surface area contributed by atoms with Crippen molar-refractivity contribution in [1.29, 1.82) is 0 Å². The van der Waals surface area contributed by atoms with Gasteiger partial charge in [-0.1, -0.05) is 0 Å². The van der Waals surface area contributed by atoms with Gasteiger partial charge in [0.25, 0.3) is 0 Å². The Kier molecular flexibility index (Phi) is 3.23. The SMILES string of the molecule is CC(C)(C)OC(=O)[C@H]1C[C@](CO)([N+](=O)[O-])C1. The standard InChI is InChI=1S/C10H17NO5/c1-9(2,3)16-8(13)7-4-10(5-7,6-12)11(14)15/h7,12H,4-6H2,1-3H3/t7-,10-. The van der Waals surface area contributed by atoms with Crippen LogP contribution < -0.4 is 0 Å². The number of nitro groups is 1. The first-order valence-electron chi connectivity index (χ1n) is 5.18. The van der Waals surface area contributed by atoms with E-state index in [9.17, 15) is 14.9 Å². The molecule has 0 radical (unpaired) electrons. The maximum absolute atomic E-state index is 11.5. The first-order chi connectivity index (χ1) is 7.20. The molecule has 1 aliphatic carbocycles. The van der Waals surface area contributed by atoms with Crippen LogP contribution in [0.3, 0.4) is 0 Å². The molecular weight excluding hydrogens is 214 g/mol. The highest BCUT2D eigenvalue weighted by atomic mass is 16.6. The zero-order valence-electron chi connectivity index (χ0n) is 9.73. The van der Waals surface area contributed by atoms with Gasteiger partial charge in [0.15, 0.2) is 0 Å². The Morgan fingerprint density at radius 2 is 2.06 bits per heavy atom. The van der Waals surface area contributed by atoms with Crippen LogP contribution in [0.25, 0.3) is 0 Å². The highest BCUT2D eigenvalue weighted by Gasteiger charge is 2.58. The molecule has 0 spiro atoms. The number of hydrogen-bond donors (Lipinski definition) is 1. The molecule has 0 amide bonds. The van der Waals surface area contributed by atoms with Gasteiger partial charge in [0, 0.05) is 17.8 Å². The molecule has 1 saturated carbocycles. The van der Waals surface area contributed by atoms with E-state index in [0.29, 0.717) is 0 Å². The van der Waals surface area contributed by atoms with Crippen molar-refractivity contribution in [3.8, 4) is 0 Å². The predicted molar refractivity (Wildman–Crippen MR) is 55.4 cm³/mol. The lowest BCUT2D eigenvalue weighted by Gasteiger charge is -2.38. The topological polar surface area (TPSA) is 89.7 Å². The van der Waals surface area contributed by atoms with Crippen molar-refractivity contribution in [3.63, 3.8) is 0 Å². The number of aliphatic hydroxyl groups excluding tert-OH is 1. The van der Waals surface area contributed by atoms with Crippen molar-refractivity contribution in [2.75, 3.05) is 6.61 Å². The number of ether oxygens (including phenoxy) is 1. The van der Waals surface area contributed by atoms with Crippen LogP contribution in [0.15, 0.2) is 0 Å². The van der Waals surface area contributed by atoms with Crippen LogP contribution in [0.1, 0.15) is 33.6 Å². The highest BCUT2D eigenvalue weighted by molar-refractivity contribution is 5.74. The third kappa shape index (κ3) is 2.49. The second-order valence-corrected chi connectivity index (χ2v) is 5.28. The van der Waals surface area contributed by atoms with E-state index in [1.165, 1.54) is 0 Å².